The summed E-state index contributed by atoms with van der Waals surface area (Å²) in [4.78, 5) is 5.93. The summed E-state index contributed by atoms with van der Waals surface area (Å²) in [6, 6.07) is 18.5. The Morgan fingerprint density at radius 1 is 1.11 bits per heavy atom. The van der Waals surface area contributed by atoms with Gasteiger partial charge in [-0.1, -0.05) is 61.0 Å². The summed E-state index contributed by atoms with van der Waals surface area (Å²) in [6.45, 7) is 0. The fourth-order valence-corrected chi connectivity index (χ4v) is 5.44. The van der Waals surface area contributed by atoms with Gasteiger partial charge < -0.3 is 5.11 Å². The van der Waals surface area contributed by atoms with Crippen molar-refractivity contribution in [1.29, 1.82) is 5.26 Å². The lowest BCUT2D eigenvalue weighted by atomic mass is 9.97. The maximum atomic E-state index is 10.4. The van der Waals surface area contributed by atoms with Gasteiger partial charge in [0.05, 0.1) is 22.2 Å². The summed E-state index contributed by atoms with van der Waals surface area (Å²) in [5.74, 6) is 0. The smallest absolute Gasteiger partial charge is 0.116 e. The van der Waals surface area contributed by atoms with Crippen molar-refractivity contribution >= 4 is 23.1 Å². The van der Waals surface area contributed by atoms with Crippen LogP contribution in [0.25, 0.3) is 21.7 Å². The Hall–Kier alpha value is -2.13. The molecule has 1 fully saturated rings. The number of benzene rings is 1. The third-order valence-electron chi connectivity index (χ3n) is 4.89. The van der Waals surface area contributed by atoms with E-state index in [0.29, 0.717) is 5.56 Å². The normalized spacial score (nSPS) is 19.6. The summed E-state index contributed by atoms with van der Waals surface area (Å²) < 4.78 is 0. The van der Waals surface area contributed by atoms with Crippen LogP contribution in [0.3, 0.4) is 0 Å². The molecule has 1 aliphatic rings. The van der Waals surface area contributed by atoms with Crippen LogP contribution in [0.2, 0.25) is 0 Å². The van der Waals surface area contributed by atoms with Gasteiger partial charge in [0.1, 0.15) is 11.1 Å². The molecule has 5 heteroatoms. The lowest BCUT2D eigenvalue weighted by molar-refractivity contribution is 0.137. The molecule has 3 nitrogen and oxygen atoms in total. The van der Waals surface area contributed by atoms with E-state index < -0.39 is 0 Å². The molecule has 2 atom stereocenters. The van der Waals surface area contributed by atoms with E-state index in [1.807, 2.05) is 47.8 Å². The van der Waals surface area contributed by atoms with E-state index in [0.717, 1.165) is 52.4 Å². The number of rotatable bonds is 4. The Labute approximate surface area is 167 Å². The minimum absolute atomic E-state index is 0.0977. The molecular formula is C22H20N2OS2. The quantitative estimate of drug-likeness (QED) is 0.615. The number of hydrogen-bond donors (Lipinski definition) is 1. The van der Waals surface area contributed by atoms with Crippen LogP contribution in [0.4, 0.5) is 0 Å². The van der Waals surface area contributed by atoms with Gasteiger partial charge in [-0.25, -0.2) is 4.98 Å². The van der Waals surface area contributed by atoms with Crippen molar-refractivity contribution < 1.29 is 5.11 Å². The lowest BCUT2D eigenvalue weighted by Crippen LogP contribution is -2.27. The molecule has 0 spiro atoms. The van der Waals surface area contributed by atoms with Crippen molar-refractivity contribution in [2.75, 3.05) is 0 Å². The summed E-state index contributed by atoms with van der Waals surface area (Å²) in [5, 5.41) is 23.2. The Balaban J connectivity index is 1.83. The maximum Gasteiger partial charge on any atom is 0.116 e. The van der Waals surface area contributed by atoms with E-state index in [2.05, 4.69) is 12.1 Å². The largest absolute Gasteiger partial charge is 0.392 e. The minimum Gasteiger partial charge on any atom is -0.392 e. The molecule has 0 aliphatic heterocycles. The average Bonchev–Trinajstić information content (AvgIpc) is 3.25. The minimum atomic E-state index is -0.331. The van der Waals surface area contributed by atoms with Gasteiger partial charge in [0.2, 0.25) is 0 Å². The molecule has 2 aromatic heterocycles. The van der Waals surface area contributed by atoms with E-state index in [-0.39, 0.29) is 11.4 Å². The molecule has 3 aromatic rings. The van der Waals surface area contributed by atoms with Crippen molar-refractivity contribution in [3.63, 3.8) is 0 Å². The number of thioether (sulfide) groups is 1. The van der Waals surface area contributed by atoms with Gasteiger partial charge in [-0.15, -0.1) is 11.3 Å². The van der Waals surface area contributed by atoms with E-state index in [1.54, 1.807) is 23.1 Å². The SMILES string of the molecule is N#Cc1c(-c2ccccc2)cc(-c2cccs2)nc1S[C@@H]1CCCC[C@H]1O. The molecule has 0 amide bonds. The Kier molecular flexibility index (Phi) is 5.58. The molecule has 4 rings (SSSR count). The first kappa shape index (κ1) is 18.2. The predicted octanol–water partition coefficient (Wildman–Crippen LogP) is 5.74. The maximum absolute atomic E-state index is 10.4. The zero-order valence-electron chi connectivity index (χ0n) is 14.8. The summed E-state index contributed by atoms with van der Waals surface area (Å²) in [5.41, 5.74) is 3.41. The van der Waals surface area contributed by atoms with Crippen LogP contribution >= 0.6 is 23.1 Å². The molecule has 2 heterocycles. The van der Waals surface area contributed by atoms with Gasteiger partial charge in [-0.05, 0) is 35.9 Å². The highest BCUT2D eigenvalue weighted by molar-refractivity contribution is 8.00. The molecular weight excluding hydrogens is 372 g/mol. The number of thiophene rings is 1. The first-order chi connectivity index (χ1) is 13.3. The van der Waals surface area contributed by atoms with Crippen LogP contribution in [0.15, 0.2) is 58.9 Å². The van der Waals surface area contributed by atoms with Gasteiger partial charge in [0.15, 0.2) is 0 Å². The topological polar surface area (TPSA) is 56.9 Å². The Morgan fingerprint density at radius 3 is 2.63 bits per heavy atom. The molecule has 0 bridgehead atoms. The van der Waals surface area contributed by atoms with E-state index in [1.165, 1.54) is 0 Å². The fraction of sp³-hybridized carbons (Fsp3) is 0.273. The van der Waals surface area contributed by atoms with Crippen LogP contribution in [0.5, 0.6) is 0 Å². The van der Waals surface area contributed by atoms with Gasteiger partial charge in [0.25, 0.3) is 0 Å². The molecule has 1 N–H and O–H groups in total. The van der Waals surface area contributed by atoms with Gasteiger partial charge in [-0.3, -0.25) is 0 Å². The molecule has 1 aliphatic carbocycles. The standard InChI is InChI=1S/C22H20N2OS2/c23-14-17-16(15-7-2-1-3-8-15)13-18(20-11-6-12-26-20)24-22(17)27-21-10-5-4-9-19(21)25/h1-3,6-8,11-13,19,21,25H,4-5,9-10H2/t19-,21-/m1/s1. The number of pyridine rings is 1. The van der Waals surface area contributed by atoms with Gasteiger partial charge >= 0.3 is 0 Å². The number of aliphatic hydroxyl groups excluding tert-OH is 1. The lowest BCUT2D eigenvalue weighted by Gasteiger charge is -2.27. The molecule has 27 heavy (non-hydrogen) atoms. The van der Waals surface area contributed by atoms with E-state index in [9.17, 15) is 10.4 Å². The Morgan fingerprint density at radius 2 is 1.93 bits per heavy atom. The van der Waals surface area contributed by atoms with Crippen molar-refractivity contribution in [2.45, 2.75) is 42.1 Å². The number of nitrogens with zero attached hydrogens (tertiary/aromatic N) is 2. The average molecular weight is 393 g/mol. The molecule has 0 radical (unpaired) electrons. The highest BCUT2D eigenvalue weighted by Crippen LogP contribution is 2.39. The van der Waals surface area contributed by atoms with E-state index in [4.69, 9.17) is 4.98 Å². The zero-order chi connectivity index (χ0) is 18.6. The first-order valence-corrected chi connectivity index (χ1v) is 10.9. The number of aliphatic hydroxyl groups is 1. The summed E-state index contributed by atoms with van der Waals surface area (Å²) >= 11 is 3.21. The highest BCUT2D eigenvalue weighted by Gasteiger charge is 2.27. The van der Waals surface area contributed by atoms with Gasteiger partial charge in [0, 0.05) is 10.8 Å². The predicted molar refractivity (Wildman–Crippen MR) is 112 cm³/mol. The van der Waals surface area contributed by atoms with Crippen LogP contribution in [0, 0.1) is 11.3 Å². The number of nitriles is 1. The zero-order valence-corrected chi connectivity index (χ0v) is 16.5. The van der Waals surface area contributed by atoms with Crippen molar-refractivity contribution in [3.05, 3.63) is 59.5 Å². The third kappa shape index (κ3) is 3.93. The molecule has 1 saturated carbocycles. The fourth-order valence-electron chi connectivity index (χ4n) is 3.47. The monoisotopic (exact) mass is 392 g/mol. The van der Waals surface area contributed by atoms with Crippen LogP contribution in [0.1, 0.15) is 31.2 Å². The first-order valence-electron chi connectivity index (χ1n) is 9.15. The highest BCUT2D eigenvalue weighted by atomic mass is 32.2. The molecule has 136 valence electrons. The second-order valence-electron chi connectivity index (χ2n) is 6.70. The summed E-state index contributed by atoms with van der Waals surface area (Å²) in [6.07, 6.45) is 3.65. The van der Waals surface area contributed by atoms with Crippen LogP contribution in [-0.4, -0.2) is 21.4 Å². The molecule has 0 unspecified atom stereocenters. The van der Waals surface area contributed by atoms with Gasteiger partial charge in [-0.2, -0.15) is 5.26 Å². The summed E-state index contributed by atoms with van der Waals surface area (Å²) in [7, 11) is 0. The molecule has 1 aromatic carbocycles. The van der Waals surface area contributed by atoms with Crippen molar-refractivity contribution in [3.8, 4) is 27.8 Å². The van der Waals surface area contributed by atoms with Crippen molar-refractivity contribution in [1.82, 2.24) is 4.98 Å². The third-order valence-corrected chi connectivity index (χ3v) is 7.15. The Bertz CT molecular complexity index is 948. The number of hydrogen-bond acceptors (Lipinski definition) is 5. The second kappa shape index (κ2) is 8.26. The number of aromatic nitrogens is 1. The van der Waals surface area contributed by atoms with Crippen LogP contribution < -0.4 is 0 Å². The van der Waals surface area contributed by atoms with Crippen molar-refractivity contribution in [2.24, 2.45) is 0 Å². The second-order valence-corrected chi connectivity index (χ2v) is 8.87. The van der Waals surface area contributed by atoms with E-state index >= 15 is 0 Å². The molecule has 0 saturated heterocycles. The van der Waals surface area contributed by atoms with Crippen LogP contribution in [-0.2, 0) is 0 Å².